The number of ether oxygens (including phenoxy) is 2. The second kappa shape index (κ2) is 7.51. The molecule has 21 heavy (non-hydrogen) atoms. The van der Waals surface area contributed by atoms with Gasteiger partial charge in [-0.3, -0.25) is 0 Å². The lowest BCUT2D eigenvalue weighted by atomic mass is 10.2. The number of nitriles is 1. The van der Waals surface area contributed by atoms with Crippen LogP contribution >= 0.6 is 11.6 Å². The molecule has 0 aliphatic rings. The molecule has 0 aromatic heterocycles. The first-order chi connectivity index (χ1) is 10.2. The highest BCUT2D eigenvalue weighted by Crippen LogP contribution is 2.24. The highest BCUT2D eigenvalue weighted by Gasteiger charge is 2.07. The van der Waals surface area contributed by atoms with Crippen molar-refractivity contribution in [2.75, 3.05) is 13.2 Å². The molecule has 2 aromatic carbocycles. The van der Waals surface area contributed by atoms with Crippen LogP contribution in [-0.4, -0.2) is 13.2 Å². The van der Waals surface area contributed by atoms with E-state index in [1.807, 2.05) is 0 Å². The van der Waals surface area contributed by atoms with E-state index in [1.165, 1.54) is 12.1 Å². The average Bonchev–Trinajstić information content (AvgIpc) is 2.51. The van der Waals surface area contributed by atoms with Crippen molar-refractivity contribution in [3.05, 3.63) is 58.9 Å². The van der Waals surface area contributed by atoms with Crippen LogP contribution < -0.4 is 9.47 Å². The van der Waals surface area contributed by atoms with Crippen LogP contribution in [0.25, 0.3) is 0 Å². The third kappa shape index (κ3) is 4.11. The predicted molar refractivity (Wildman–Crippen MR) is 78.2 cm³/mol. The van der Waals surface area contributed by atoms with Gasteiger partial charge in [-0.05, 0) is 24.3 Å². The summed E-state index contributed by atoms with van der Waals surface area (Å²) >= 11 is 5.66. The van der Waals surface area contributed by atoms with Crippen LogP contribution in [-0.2, 0) is 0 Å². The van der Waals surface area contributed by atoms with Crippen LogP contribution in [0.15, 0.2) is 42.5 Å². The first-order valence-corrected chi connectivity index (χ1v) is 6.79. The van der Waals surface area contributed by atoms with E-state index in [1.54, 1.807) is 30.3 Å². The molecule has 2 aromatic rings. The molecular weight excluding hydrogens is 293 g/mol. The van der Waals surface area contributed by atoms with Gasteiger partial charge in [0.05, 0.1) is 23.8 Å². The average molecular weight is 306 g/mol. The standard InChI is InChI=1S/C16H13ClFNO2/c17-13-6-3-8-15(16(13)18)21-10-4-9-20-14-7-2-1-5-12(14)11-19/h1-3,5-8H,4,9-10H2. The minimum Gasteiger partial charge on any atom is -0.492 e. The van der Waals surface area contributed by atoms with Crippen molar-refractivity contribution in [1.82, 2.24) is 0 Å². The summed E-state index contributed by atoms with van der Waals surface area (Å²) in [5, 5.41) is 8.95. The number of hydrogen-bond donors (Lipinski definition) is 0. The molecule has 0 aliphatic heterocycles. The lowest BCUT2D eigenvalue weighted by Crippen LogP contribution is -2.06. The topological polar surface area (TPSA) is 42.2 Å². The summed E-state index contributed by atoms with van der Waals surface area (Å²) in [5.74, 6) is 0.101. The molecule has 5 heteroatoms. The van der Waals surface area contributed by atoms with E-state index in [0.29, 0.717) is 30.9 Å². The first-order valence-electron chi connectivity index (χ1n) is 6.41. The second-order valence-electron chi connectivity index (χ2n) is 4.21. The zero-order valence-electron chi connectivity index (χ0n) is 11.2. The molecule has 0 atom stereocenters. The van der Waals surface area contributed by atoms with Gasteiger partial charge in [0.1, 0.15) is 11.8 Å². The Morgan fingerprint density at radius 3 is 2.43 bits per heavy atom. The quantitative estimate of drug-likeness (QED) is 0.751. The minimum atomic E-state index is -0.560. The lowest BCUT2D eigenvalue weighted by molar-refractivity contribution is 0.241. The monoisotopic (exact) mass is 305 g/mol. The fourth-order valence-corrected chi connectivity index (χ4v) is 1.87. The molecule has 0 spiro atoms. The Kier molecular flexibility index (Phi) is 5.42. The van der Waals surface area contributed by atoms with Gasteiger partial charge in [-0.2, -0.15) is 5.26 Å². The van der Waals surface area contributed by atoms with Crippen molar-refractivity contribution in [3.8, 4) is 17.6 Å². The first kappa shape index (κ1) is 15.1. The fraction of sp³-hybridized carbons (Fsp3) is 0.188. The molecule has 108 valence electrons. The number of rotatable bonds is 6. The third-order valence-corrected chi connectivity index (χ3v) is 3.02. The summed E-state index contributed by atoms with van der Waals surface area (Å²) < 4.78 is 24.4. The van der Waals surface area contributed by atoms with Crippen LogP contribution in [0.2, 0.25) is 5.02 Å². The summed E-state index contributed by atoms with van der Waals surface area (Å²) in [5.41, 5.74) is 0.485. The van der Waals surface area contributed by atoms with Crippen LogP contribution in [0.5, 0.6) is 11.5 Å². The highest BCUT2D eigenvalue weighted by atomic mass is 35.5. The Labute approximate surface area is 127 Å². The zero-order chi connectivity index (χ0) is 15.1. The van der Waals surface area contributed by atoms with Crippen molar-refractivity contribution < 1.29 is 13.9 Å². The van der Waals surface area contributed by atoms with Crippen molar-refractivity contribution in [2.24, 2.45) is 0 Å². The van der Waals surface area contributed by atoms with E-state index in [2.05, 4.69) is 6.07 Å². The minimum absolute atomic E-state index is 0.0340. The normalized spacial score (nSPS) is 9.95. The van der Waals surface area contributed by atoms with Gasteiger partial charge < -0.3 is 9.47 Å². The molecule has 0 unspecified atom stereocenters. The highest BCUT2D eigenvalue weighted by molar-refractivity contribution is 6.30. The number of para-hydroxylation sites is 1. The Hall–Kier alpha value is -2.25. The van der Waals surface area contributed by atoms with E-state index in [-0.39, 0.29) is 10.8 Å². The van der Waals surface area contributed by atoms with Crippen LogP contribution in [0.4, 0.5) is 4.39 Å². The summed E-state index contributed by atoms with van der Waals surface area (Å²) in [4.78, 5) is 0. The summed E-state index contributed by atoms with van der Waals surface area (Å²) in [6.07, 6.45) is 0.561. The van der Waals surface area contributed by atoms with E-state index in [9.17, 15) is 4.39 Å². The van der Waals surface area contributed by atoms with Crippen LogP contribution in [0.3, 0.4) is 0 Å². The number of benzene rings is 2. The van der Waals surface area contributed by atoms with Crippen LogP contribution in [0, 0.1) is 17.1 Å². The van der Waals surface area contributed by atoms with Crippen molar-refractivity contribution in [1.29, 1.82) is 5.26 Å². The van der Waals surface area contributed by atoms with Gasteiger partial charge in [0, 0.05) is 6.42 Å². The largest absolute Gasteiger partial charge is 0.492 e. The fourth-order valence-electron chi connectivity index (χ4n) is 1.70. The molecule has 0 amide bonds. The maximum atomic E-state index is 13.6. The maximum Gasteiger partial charge on any atom is 0.183 e. The van der Waals surface area contributed by atoms with Gasteiger partial charge in [0.2, 0.25) is 0 Å². The van der Waals surface area contributed by atoms with Crippen LogP contribution in [0.1, 0.15) is 12.0 Å². The number of nitrogens with zero attached hydrogens (tertiary/aromatic N) is 1. The molecular formula is C16H13ClFNO2. The summed E-state index contributed by atoms with van der Waals surface area (Å²) in [6, 6.07) is 13.7. The Morgan fingerprint density at radius 1 is 1.00 bits per heavy atom. The molecule has 0 saturated heterocycles. The summed E-state index contributed by atoms with van der Waals surface area (Å²) in [7, 11) is 0. The second-order valence-corrected chi connectivity index (χ2v) is 4.62. The van der Waals surface area contributed by atoms with Gasteiger partial charge in [0.25, 0.3) is 0 Å². The van der Waals surface area contributed by atoms with Crippen molar-refractivity contribution in [2.45, 2.75) is 6.42 Å². The molecule has 0 heterocycles. The Morgan fingerprint density at radius 2 is 1.67 bits per heavy atom. The van der Waals surface area contributed by atoms with Gasteiger partial charge in [-0.1, -0.05) is 29.8 Å². The molecule has 0 N–H and O–H groups in total. The SMILES string of the molecule is N#Cc1ccccc1OCCCOc1cccc(Cl)c1F. The molecule has 0 saturated carbocycles. The van der Waals surface area contributed by atoms with E-state index >= 15 is 0 Å². The van der Waals surface area contributed by atoms with Gasteiger partial charge >= 0.3 is 0 Å². The van der Waals surface area contributed by atoms with E-state index in [0.717, 1.165) is 0 Å². The van der Waals surface area contributed by atoms with Gasteiger partial charge in [-0.25, -0.2) is 4.39 Å². The Bertz CT molecular complexity index is 655. The Balaban J connectivity index is 1.78. The van der Waals surface area contributed by atoms with E-state index < -0.39 is 5.82 Å². The van der Waals surface area contributed by atoms with E-state index in [4.69, 9.17) is 26.3 Å². The lowest BCUT2D eigenvalue weighted by Gasteiger charge is -2.09. The molecule has 3 nitrogen and oxygen atoms in total. The third-order valence-electron chi connectivity index (χ3n) is 2.73. The molecule has 0 bridgehead atoms. The number of halogens is 2. The predicted octanol–water partition coefficient (Wildman–Crippen LogP) is 4.20. The molecule has 0 fully saturated rings. The maximum absolute atomic E-state index is 13.6. The zero-order valence-corrected chi connectivity index (χ0v) is 11.9. The molecule has 2 rings (SSSR count). The van der Waals surface area contributed by atoms with Gasteiger partial charge in [-0.15, -0.1) is 0 Å². The summed E-state index contributed by atoms with van der Waals surface area (Å²) in [6.45, 7) is 0.673. The van der Waals surface area contributed by atoms with Gasteiger partial charge in [0.15, 0.2) is 11.6 Å². The molecule has 0 aliphatic carbocycles. The van der Waals surface area contributed by atoms with Crippen molar-refractivity contribution >= 4 is 11.6 Å². The van der Waals surface area contributed by atoms with Crippen molar-refractivity contribution in [3.63, 3.8) is 0 Å². The smallest absolute Gasteiger partial charge is 0.183 e. The number of hydrogen-bond acceptors (Lipinski definition) is 3. The molecule has 0 radical (unpaired) electrons.